The van der Waals surface area contributed by atoms with Gasteiger partial charge in [0.05, 0.1) is 24.8 Å². The van der Waals surface area contributed by atoms with Crippen molar-refractivity contribution in [1.29, 1.82) is 0 Å². The fourth-order valence-corrected chi connectivity index (χ4v) is 3.44. The van der Waals surface area contributed by atoms with E-state index in [4.69, 9.17) is 9.47 Å². The Morgan fingerprint density at radius 1 is 0.886 bits per heavy atom. The van der Waals surface area contributed by atoms with Gasteiger partial charge in [0.15, 0.2) is 5.78 Å². The van der Waals surface area contributed by atoms with E-state index in [1.807, 2.05) is 12.1 Å². The Morgan fingerprint density at radius 2 is 1.51 bits per heavy atom. The van der Waals surface area contributed by atoms with Gasteiger partial charge in [-0.1, -0.05) is 64.8 Å². The van der Waals surface area contributed by atoms with Crippen LogP contribution >= 0.6 is 0 Å². The summed E-state index contributed by atoms with van der Waals surface area (Å²) in [6.45, 7) is 10.6. The smallest absolute Gasteiger partial charge is 0.407 e. The van der Waals surface area contributed by atoms with Crippen molar-refractivity contribution in [2.24, 2.45) is 0 Å². The van der Waals surface area contributed by atoms with Gasteiger partial charge in [0.1, 0.15) is 6.61 Å². The number of hydrogen-bond donors (Lipinski definition) is 2. The number of unbranched alkanes of at least 4 members (excludes halogenated alkanes) is 1. The number of ketones is 1. The van der Waals surface area contributed by atoms with Gasteiger partial charge in [0, 0.05) is 11.3 Å². The molecule has 0 spiro atoms. The third kappa shape index (κ3) is 9.43. The molecule has 0 aromatic heterocycles. The average Bonchev–Trinajstić information content (AvgIpc) is 2.84. The molecule has 0 aliphatic rings. The van der Waals surface area contributed by atoms with E-state index in [0.29, 0.717) is 17.7 Å². The quantitative estimate of drug-likeness (QED) is 0.296. The lowest BCUT2D eigenvalue weighted by molar-refractivity contribution is 0.0526. The number of anilines is 1. The fourth-order valence-electron chi connectivity index (χ4n) is 3.44. The van der Waals surface area contributed by atoms with Gasteiger partial charge in [-0.15, -0.1) is 0 Å². The highest BCUT2D eigenvalue weighted by atomic mass is 16.5. The molecule has 190 valence electrons. The molecule has 1 amide bonds. The van der Waals surface area contributed by atoms with E-state index in [1.54, 1.807) is 43.3 Å². The van der Waals surface area contributed by atoms with Gasteiger partial charge in [-0.05, 0) is 48.6 Å². The summed E-state index contributed by atoms with van der Waals surface area (Å²) in [5.74, 6) is -0.536. The highest BCUT2D eigenvalue weighted by molar-refractivity contribution is 5.98. The van der Waals surface area contributed by atoms with Crippen molar-refractivity contribution < 1.29 is 23.9 Å². The van der Waals surface area contributed by atoms with E-state index in [-0.39, 0.29) is 36.4 Å². The third-order valence-corrected chi connectivity index (χ3v) is 5.55. The van der Waals surface area contributed by atoms with Crippen molar-refractivity contribution >= 4 is 23.5 Å². The van der Waals surface area contributed by atoms with Crippen molar-refractivity contribution in [2.45, 2.75) is 65.3 Å². The minimum atomic E-state index is -0.634. The predicted molar refractivity (Wildman–Crippen MR) is 138 cm³/mol. The van der Waals surface area contributed by atoms with Gasteiger partial charge in [-0.3, -0.25) is 4.79 Å². The SMILES string of the molecule is CCCC[C@@H](COC(=O)NCC(=O)c1ccc(C(C)(C)C)cc1)Nc1ccc(C(=O)OCC)cc1. The number of rotatable bonds is 12. The van der Waals surface area contributed by atoms with Crippen LogP contribution in [0.2, 0.25) is 0 Å². The number of benzene rings is 2. The zero-order chi connectivity index (χ0) is 25.8. The Bertz CT molecular complexity index is 962. The summed E-state index contributed by atoms with van der Waals surface area (Å²) in [4.78, 5) is 36.5. The van der Waals surface area contributed by atoms with E-state index < -0.39 is 6.09 Å². The molecule has 0 radical (unpaired) electrons. The van der Waals surface area contributed by atoms with Crippen molar-refractivity contribution in [2.75, 3.05) is 25.1 Å². The molecule has 7 nitrogen and oxygen atoms in total. The van der Waals surface area contributed by atoms with Crippen molar-refractivity contribution in [3.8, 4) is 0 Å². The molecule has 7 heteroatoms. The number of nitrogens with one attached hydrogen (secondary N) is 2. The molecule has 0 aliphatic carbocycles. The second kappa shape index (κ2) is 13.5. The molecular formula is C28H38N2O5. The Labute approximate surface area is 208 Å². The van der Waals surface area contributed by atoms with Gasteiger partial charge in [0.25, 0.3) is 0 Å². The average molecular weight is 483 g/mol. The van der Waals surface area contributed by atoms with Crippen molar-refractivity contribution in [1.82, 2.24) is 5.32 Å². The van der Waals surface area contributed by atoms with E-state index in [0.717, 1.165) is 30.5 Å². The minimum Gasteiger partial charge on any atom is -0.462 e. The van der Waals surface area contributed by atoms with E-state index in [2.05, 4.69) is 38.3 Å². The van der Waals surface area contributed by atoms with Gasteiger partial charge in [-0.2, -0.15) is 0 Å². The maximum Gasteiger partial charge on any atom is 0.407 e. The Balaban J connectivity index is 1.85. The summed E-state index contributed by atoms with van der Waals surface area (Å²) < 4.78 is 10.4. The first kappa shape index (κ1) is 27.9. The van der Waals surface area contributed by atoms with E-state index in [9.17, 15) is 14.4 Å². The van der Waals surface area contributed by atoms with Crippen LogP contribution in [0.1, 0.15) is 80.2 Å². The molecule has 0 saturated carbocycles. The Hall–Kier alpha value is -3.35. The summed E-state index contributed by atoms with van der Waals surface area (Å²) in [7, 11) is 0. The van der Waals surface area contributed by atoms with Crippen LogP contribution in [0.5, 0.6) is 0 Å². The molecule has 2 aromatic rings. The first-order valence-electron chi connectivity index (χ1n) is 12.2. The summed E-state index contributed by atoms with van der Waals surface area (Å²) in [5, 5.41) is 5.89. The normalized spacial score (nSPS) is 11.9. The zero-order valence-corrected chi connectivity index (χ0v) is 21.5. The number of hydrogen-bond acceptors (Lipinski definition) is 6. The molecule has 0 bridgehead atoms. The Kier molecular flexibility index (Phi) is 10.8. The van der Waals surface area contributed by atoms with E-state index >= 15 is 0 Å². The van der Waals surface area contributed by atoms with Crippen LogP contribution in [0, 0.1) is 0 Å². The first-order chi connectivity index (χ1) is 16.6. The highest BCUT2D eigenvalue weighted by Gasteiger charge is 2.16. The van der Waals surface area contributed by atoms with Crippen molar-refractivity contribution in [3.05, 3.63) is 65.2 Å². The third-order valence-electron chi connectivity index (χ3n) is 5.55. The van der Waals surface area contributed by atoms with Crippen LogP contribution in [0.4, 0.5) is 10.5 Å². The number of amides is 1. The maximum atomic E-state index is 12.4. The molecule has 35 heavy (non-hydrogen) atoms. The lowest BCUT2D eigenvalue weighted by atomic mass is 9.86. The van der Waals surface area contributed by atoms with Crippen molar-refractivity contribution in [3.63, 3.8) is 0 Å². The number of esters is 1. The molecular weight excluding hydrogens is 444 g/mol. The molecule has 0 saturated heterocycles. The minimum absolute atomic E-state index is 0.00885. The van der Waals surface area contributed by atoms with Crippen LogP contribution < -0.4 is 10.6 Å². The lowest BCUT2D eigenvalue weighted by Gasteiger charge is -2.20. The van der Waals surface area contributed by atoms with E-state index in [1.165, 1.54) is 0 Å². The number of alkyl carbamates (subject to hydrolysis) is 1. The monoisotopic (exact) mass is 482 g/mol. The Morgan fingerprint density at radius 3 is 2.09 bits per heavy atom. The number of carbonyl (C=O) groups is 3. The molecule has 2 N–H and O–H groups in total. The summed E-state index contributed by atoms with van der Waals surface area (Å²) in [5.41, 5.74) is 3.00. The number of ether oxygens (including phenoxy) is 2. The summed E-state index contributed by atoms with van der Waals surface area (Å²) in [6.07, 6.45) is 2.15. The predicted octanol–water partition coefficient (Wildman–Crippen LogP) is 5.74. The second-order valence-corrected chi connectivity index (χ2v) is 9.48. The molecule has 0 unspecified atom stereocenters. The van der Waals surface area contributed by atoms with Gasteiger partial charge >= 0.3 is 12.1 Å². The topological polar surface area (TPSA) is 93.7 Å². The second-order valence-electron chi connectivity index (χ2n) is 9.48. The van der Waals surface area contributed by atoms with Crippen LogP contribution in [-0.2, 0) is 14.9 Å². The molecule has 2 rings (SSSR count). The van der Waals surface area contributed by atoms with Crippen LogP contribution in [0.15, 0.2) is 48.5 Å². The standard InChI is InChI=1S/C28H38N2O5/c1-6-8-9-24(30-23-16-12-21(13-17-23)26(32)34-7-2)19-35-27(33)29-18-25(31)20-10-14-22(15-11-20)28(3,4)5/h10-17,24,30H,6-9,18-19H2,1-5H3,(H,29,33)/t24-/m0/s1. The van der Waals surface area contributed by atoms with Gasteiger partial charge in [0.2, 0.25) is 0 Å². The number of Topliss-reactive ketones (excluding diaryl/α,β-unsaturated/α-hetero) is 1. The molecule has 2 aromatic carbocycles. The molecule has 0 aliphatic heterocycles. The lowest BCUT2D eigenvalue weighted by Crippen LogP contribution is -2.34. The molecule has 1 atom stereocenters. The summed E-state index contributed by atoms with van der Waals surface area (Å²) in [6, 6.07) is 14.3. The zero-order valence-electron chi connectivity index (χ0n) is 21.5. The summed E-state index contributed by atoms with van der Waals surface area (Å²) >= 11 is 0. The van der Waals surface area contributed by atoms with Gasteiger partial charge < -0.3 is 20.1 Å². The van der Waals surface area contributed by atoms with Crippen LogP contribution in [-0.4, -0.2) is 43.6 Å². The number of carbonyl (C=O) groups excluding carboxylic acids is 3. The van der Waals surface area contributed by atoms with Crippen LogP contribution in [0.25, 0.3) is 0 Å². The highest BCUT2D eigenvalue weighted by Crippen LogP contribution is 2.22. The fraction of sp³-hybridized carbons (Fsp3) is 0.464. The largest absolute Gasteiger partial charge is 0.462 e. The maximum absolute atomic E-state index is 12.4. The van der Waals surface area contributed by atoms with Crippen LogP contribution in [0.3, 0.4) is 0 Å². The molecule has 0 fully saturated rings. The van der Waals surface area contributed by atoms with Gasteiger partial charge in [-0.25, -0.2) is 9.59 Å². The first-order valence-corrected chi connectivity index (χ1v) is 12.2. The molecule has 0 heterocycles.